The van der Waals surface area contributed by atoms with E-state index in [2.05, 4.69) is 24.1 Å². The van der Waals surface area contributed by atoms with Gasteiger partial charge in [0.25, 0.3) is 8.32 Å². The average Bonchev–Trinajstić information content (AvgIpc) is 2.84. The van der Waals surface area contributed by atoms with Gasteiger partial charge in [-0.3, -0.25) is 10.1 Å². The van der Waals surface area contributed by atoms with Crippen molar-refractivity contribution < 1.29 is 19.1 Å². The molecule has 0 spiro atoms. The van der Waals surface area contributed by atoms with Crippen LogP contribution in [0.5, 0.6) is 0 Å². The molecular weight excluding hydrogens is 504 g/mol. The summed E-state index contributed by atoms with van der Waals surface area (Å²) in [4.78, 5) is 41.9. The number of carbonyl (C=O) groups is 2. The molecule has 0 aliphatic heterocycles. The lowest BCUT2D eigenvalue weighted by Crippen LogP contribution is -2.65. The van der Waals surface area contributed by atoms with Crippen molar-refractivity contribution in [2.45, 2.75) is 64.5 Å². The lowest BCUT2D eigenvalue weighted by molar-refractivity contribution is 0.0636. The Balaban J connectivity index is 1.79. The van der Waals surface area contributed by atoms with Gasteiger partial charge in [0.2, 0.25) is 0 Å². The van der Waals surface area contributed by atoms with Crippen LogP contribution in [0.2, 0.25) is 10.2 Å². The molecule has 0 saturated carbocycles. The van der Waals surface area contributed by atoms with Crippen LogP contribution in [0.1, 0.15) is 64.2 Å². The molecule has 2 N–H and O–H groups in total. The highest BCUT2D eigenvalue weighted by Crippen LogP contribution is 2.40. The molecule has 3 aromatic rings. The Morgan fingerprint density at radius 2 is 1.49 bits per heavy atom. The van der Waals surface area contributed by atoms with E-state index in [4.69, 9.17) is 16.3 Å². The van der Waals surface area contributed by atoms with Crippen LogP contribution in [-0.2, 0) is 4.74 Å². The molecule has 196 valence electrons. The largest absolute Gasteiger partial charge is 0.444 e. The van der Waals surface area contributed by atoms with Crippen molar-refractivity contribution in [1.82, 2.24) is 4.98 Å². The number of benzene rings is 2. The number of anilines is 1. The van der Waals surface area contributed by atoms with E-state index in [1.165, 1.54) is 6.20 Å². The highest BCUT2D eigenvalue weighted by molar-refractivity contribution is 6.98. The van der Waals surface area contributed by atoms with E-state index in [9.17, 15) is 14.4 Å². The van der Waals surface area contributed by atoms with Crippen molar-refractivity contribution >= 4 is 47.9 Å². The molecule has 0 atom stereocenters. The quantitative estimate of drug-likeness (QED) is 0.199. The van der Waals surface area contributed by atoms with E-state index < -0.39 is 25.0 Å². The Morgan fingerprint density at radius 1 is 0.946 bits per heavy atom. The predicted molar refractivity (Wildman–Crippen MR) is 151 cm³/mol. The van der Waals surface area contributed by atoms with E-state index in [0.717, 1.165) is 10.4 Å². The monoisotopic (exact) mass is 538 g/mol. The number of ether oxygens (including phenoxy) is 1. The summed E-state index contributed by atoms with van der Waals surface area (Å²) in [6.45, 7) is 9.40. The van der Waals surface area contributed by atoms with Crippen molar-refractivity contribution in [1.29, 1.82) is 0 Å². The minimum atomic E-state index is -3.16. The first-order valence-corrected chi connectivity index (χ1v) is 14.7. The Bertz CT molecular complexity index is 1190. The summed E-state index contributed by atoms with van der Waals surface area (Å²) in [6.07, 6.45) is 2.13. The van der Waals surface area contributed by atoms with Crippen molar-refractivity contribution in [3.8, 4) is 0 Å². The van der Waals surface area contributed by atoms with Gasteiger partial charge in [-0.1, -0.05) is 86.1 Å². The van der Waals surface area contributed by atoms with Gasteiger partial charge in [0.1, 0.15) is 5.60 Å². The van der Waals surface area contributed by atoms with Gasteiger partial charge in [0.05, 0.1) is 5.69 Å². The summed E-state index contributed by atoms with van der Waals surface area (Å²) >= 11 is 6.23. The molecule has 0 aliphatic rings. The van der Waals surface area contributed by atoms with Crippen molar-refractivity contribution in [3.05, 3.63) is 83.6 Å². The first-order valence-electron chi connectivity index (χ1n) is 12.4. The van der Waals surface area contributed by atoms with Gasteiger partial charge in [-0.15, -0.1) is 0 Å². The van der Waals surface area contributed by atoms with Crippen LogP contribution in [0, 0.1) is 0 Å². The van der Waals surface area contributed by atoms with Gasteiger partial charge in [0.15, 0.2) is 10.9 Å². The number of carbonyl (C=O) groups excluding carboxylic acids is 2. The molecular formula is C29H35ClN2O4Si. The number of aromatic nitrogens is 1. The number of halogens is 1. The maximum atomic E-state index is 13.2. The summed E-state index contributed by atoms with van der Waals surface area (Å²) in [5.41, 5.74) is -0.281. The molecule has 2 aromatic carbocycles. The third-order valence-electron chi connectivity index (χ3n) is 6.40. The summed E-state index contributed by atoms with van der Waals surface area (Å²) < 4.78 is 5.31. The average molecular weight is 539 g/mol. The highest BCUT2D eigenvalue weighted by atomic mass is 35.5. The van der Waals surface area contributed by atoms with Crippen molar-refractivity contribution in [3.63, 3.8) is 0 Å². The minimum Gasteiger partial charge on any atom is -0.444 e. The Labute approximate surface area is 225 Å². The number of pyridine rings is 1. The molecule has 37 heavy (non-hydrogen) atoms. The number of nitrogens with zero attached hydrogens (tertiary/aromatic N) is 1. The smallest absolute Gasteiger partial charge is 0.412 e. The zero-order valence-corrected chi connectivity index (χ0v) is 23.8. The molecule has 8 heteroatoms. The standard InChI is InChI=1S/C29H35ClN2O4Si/c1-28(2,3)36-27(34)32-25-23(18-20-31-26(25)30)24(33)17-12-19-29(4,5)37(35,21-13-8-6-9-14-21)22-15-10-7-11-16-22/h6-11,13-16,18,20,35H,12,17,19H2,1-5H3,(H,32,34). The van der Waals surface area contributed by atoms with Crippen LogP contribution in [0.25, 0.3) is 0 Å². The minimum absolute atomic E-state index is 0.0203. The molecule has 3 rings (SSSR count). The molecule has 0 saturated heterocycles. The van der Waals surface area contributed by atoms with E-state index in [1.54, 1.807) is 26.8 Å². The molecule has 0 bridgehead atoms. The number of Topliss-reactive ketones (excluding diaryl/α,β-unsaturated/α-hetero) is 1. The van der Waals surface area contributed by atoms with Gasteiger partial charge in [0, 0.05) is 18.2 Å². The van der Waals surface area contributed by atoms with Gasteiger partial charge in [-0.2, -0.15) is 0 Å². The van der Waals surface area contributed by atoms with Crippen LogP contribution in [-0.4, -0.2) is 35.6 Å². The summed E-state index contributed by atoms with van der Waals surface area (Å²) in [6, 6.07) is 21.2. The van der Waals surface area contributed by atoms with E-state index >= 15 is 0 Å². The van der Waals surface area contributed by atoms with Crippen molar-refractivity contribution in [2.24, 2.45) is 0 Å². The number of hydrogen-bond acceptors (Lipinski definition) is 5. The molecule has 1 amide bonds. The molecule has 0 radical (unpaired) electrons. The number of ketones is 1. The van der Waals surface area contributed by atoms with Gasteiger partial charge < -0.3 is 9.53 Å². The van der Waals surface area contributed by atoms with E-state index in [0.29, 0.717) is 12.8 Å². The van der Waals surface area contributed by atoms with Crippen LogP contribution >= 0.6 is 11.6 Å². The fourth-order valence-corrected chi connectivity index (χ4v) is 8.50. The summed E-state index contributed by atoms with van der Waals surface area (Å²) in [5, 5.41) is 4.00. The Hall–Kier alpha value is -3.00. The first kappa shape index (κ1) is 28.6. The number of hydrogen-bond donors (Lipinski definition) is 2. The fraction of sp³-hybridized carbons (Fsp3) is 0.345. The van der Waals surface area contributed by atoms with E-state index in [1.807, 2.05) is 60.7 Å². The van der Waals surface area contributed by atoms with Gasteiger partial charge in [-0.25, -0.2) is 9.78 Å². The highest BCUT2D eigenvalue weighted by Gasteiger charge is 2.49. The molecule has 1 aromatic heterocycles. The van der Waals surface area contributed by atoms with Crippen LogP contribution in [0.4, 0.5) is 10.5 Å². The second kappa shape index (κ2) is 11.6. The third-order valence-corrected chi connectivity index (χ3v) is 11.2. The topological polar surface area (TPSA) is 88.5 Å². The number of nitrogens with one attached hydrogen (secondary N) is 1. The lowest BCUT2D eigenvalue weighted by atomic mass is 10.0. The molecule has 0 aliphatic carbocycles. The molecule has 0 fully saturated rings. The van der Waals surface area contributed by atoms with Gasteiger partial charge in [-0.05, 0) is 55.1 Å². The first-order chi connectivity index (χ1) is 17.3. The normalized spacial score (nSPS) is 12.2. The van der Waals surface area contributed by atoms with Crippen LogP contribution in [0.15, 0.2) is 72.9 Å². The van der Waals surface area contributed by atoms with Crippen LogP contribution in [0.3, 0.4) is 0 Å². The van der Waals surface area contributed by atoms with Gasteiger partial charge >= 0.3 is 6.09 Å². The molecule has 0 unspecified atom stereocenters. The zero-order chi connectivity index (χ0) is 27.3. The molecule has 1 heterocycles. The maximum Gasteiger partial charge on any atom is 0.412 e. The van der Waals surface area contributed by atoms with E-state index in [-0.39, 0.29) is 28.6 Å². The lowest BCUT2D eigenvalue weighted by Gasteiger charge is -2.41. The predicted octanol–water partition coefficient (Wildman–Crippen LogP) is 5.97. The summed E-state index contributed by atoms with van der Waals surface area (Å²) in [7, 11) is -3.16. The van der Waals surface area contributed by atoms with Crippen molar-refractivity contribution in [2.75, 3.05) is 5.32 Å². The second-order valence-corrected chi connectivity index (χ2v) is 15.0. The third kappa shape index (κ3) is 6.86. The maximum absolute atomic E-state index is 13.2. The zero-order valence-electron chi connectivity index (χ0n) is 22.0. The number of rotatable bonds is 9. The van der Waals surface area contributed by atoms with Crippen LogP contribution < -0.4 is 15.7 Å². The fourth-order valence-electron chi connectivity index (χ4n) is 4.51. The second-order valence-electron chi connectivity index (χ2n) is 10.8. The SMILES string of the molecule is CC(C)(C)OC(=O)Nc1c(C(=O)CCCC(C)(C)[Si](O)(c2ccccc2)c2ccccc2)ccnc1Cl. The number of amides is 1. The summed E-state index contributed by atoms with van der Waals surface area (Å²) in [5.74, 6) is -0.171. The Kier molecular flexibility index (Phi) is 8.95. The molecule has 6 nitrogen and oxygen atoms in total. The Morgan fingerprint density at radius 3 is 2.00 bits per heavy atom.